The van der Waals surface area contributed by atoms with Crippen molar-refractivity contribution >= 4 is 23.6 Å². The van der Waals surface area contributed by atoms with Gasteiger partial charge in [0.2, 0.25) is 11.8 Å². The summed E-state index contributed by atoms with van der Waals surface area (Å²) in [5, 5.41) is 2.99. The number of thioether (sulfide) groups is 1. The van der Waals surface area contributed by atoms with E-state index in [0.29, 0.717) is 12.3 Å². The highest BCUT2D eigenvalue weighted by molar-refractivity contribution is 8.01. The van der Waals surface area contributed by atoms with Gasteiger partial charge < -0.3 is 10.2 Å². The van der Waals surface area contributed by atoms with Gasteiger partial charge in [0.05, 0.1) is 11.7 Å². The summed E-state index contributed by atoms with van der Waals surface area (Å²) in [6.07, 6.45) is 3.93. The first-order valence-electron chi connectivity index (χ1n) is 8.03. The molecule has 0 radical (unpaired) electrons. The van der Waals surface area contributed by atoms with E-state index in [1.54, 1.807) is 11.8 Å². The molecule has 0 aromatic heterocycles. The summed E-state index contributed by atoms with van der Waals surface area (Å²) in [7, 11) is 0. The molecule has 0 aromatic carbocycles. The molecule has 1 saturated heterocycles. The van der Waals surface area contributed by atoms with Crippen molar-refractivity contribution in [1.82, 2.24) is 10.2 Å². The Morgan fingerprint density at radius 1 is 1.33 bits per heavy atom. The fraction of sp³-hybridized carbons (Fsp3) is 0.875. The van der Waals surface area contributed by atoms with Crippen LogP contribution in [-0.2, 0) is 9.59 Å². The van der Waals surface area contributed by atoms with Crippen molar-refractivity contribution in [1.29, 1.82) is 0 Å². The van der Waals surface area contributed by atoms with E-state index in [1.807, 2.05) is 4.90 Å². The largest absolute Gasteiger partial charge is 0.356 e. The van der Waals surface area contributed by atoms with E-state index in [2.05, 4.69) is 33.0 Å². The van der Waals surface area contributed by atoms with Crippen molar-refractivity contribution in [3.8, 4) is 0 Å². The van der Waals surface area contributed by atoms with Crippen LogP contribution in [0.15, 0.2) is 0 Å². The summed E-state index contributed by atoms with van der Waals surface area (Å²) < 4.78 is 0.0996. The van der Waals surface area contributed by atoms with Crippen molar-refractivity contribution in [2.75, 3.05) is 25.4 Å². The van der Waals surface area contributed by atoms with E-state index in [4.69, 9.17) is 0 Å². The van der Waals surface area contributed by atoms with Crippen LogP contribution in [0, 0.1) is 5.92 Å². The smallest absolute Gasteiger partial charge is 0.232 e. The number of rotatable bonds is 6. The number of unbranched alkanes of at least 4 members (excludes halogenated alkanes) is 1. The predicted molar refractivity (Wildman–Crippen MR) is 89.4 cm³/mol. The van der Waals surface area contributed by atoms with E-state index < -0.39 is 0 Å². The molecule has 1 atom stereocenters. The summed E-state index contributed by atoms with van der Waals surface area (Å²) in [5.41, 5.74) is 0. The molecule has 2 amide bonds. The Morgan fingerprint density at radius 3 is 2.67 bits per heavy atom. The standard InChI is InChI=1S/C16H30N2O2S/c1-5-6-9-17-15(20)13-8-7-10-18(11-13)14(19)12-21-16(2,3)4/h13H,5-12H2,1-4H3,(H,17,20). The maximum absolute atomic E-state index is 12.2. The van der Waals surface area contributed by atoms with Gasteiger partial charge in [0, 0.05) is 24.4 Å². The Kier molecular flexibility index (Phi) is 7.57. The molecular weight excluding hydrogens is 284 g/mol. The number of nitrogens with one attached hydrogen (secondary N) is 1. The minimum absolute atomic E-state index is 0.0285. The Bertz CT molecular complexity index is 353. The van der Waals surface area contributed by atoms with Gasteiger partial charge in [0.25, 0.3) is 0 Å². The van der Waals surface area contributed by atoms with Gasteiger partial charge >= 0.3 is 0 Å². The lowest BCUT2D eigenvalue weighted by Crippen LogP contribution is -2.46. The molecule has 1 heterocycles. The number of carbonyl (C=O) groups excluding carboxylic acids is 2. The molecular formula is C16H30N2O2S. The third-order valence-corrected chi connectivity index (χ3v) is 4.86. The van der Waals surface area contributed by atoms with Gasteiger partial charge in [-0.15, -0.1) is 11.8 Å². The SMILES string of the molecule is CCCCNC(=O)C1CCCN(C(=O)CSC(C)(C)C)C1. The Labute approximate surface area is 133 Å². The van der Waals surface area contributed by atoms with Crippen molar-refractivity contribution < 1.29 is 9.59 Å². The molecule has 1 fully saturated rings. The number of nitrogens with zero attached hydrogens (tertiary/aromatic N) is 1. The molecule has 0 aromatic rings. The van der Waals surface area contributed by atoms with Gasteiger partial charge in [-0.3, -0.25) is 9.59 Å². The molecule has 0 aliphatic carbocycles. The van der Waals surface area contributed by atoms with Crippen LogP contribution in [0.5, 0.6) is 0 Å². The number of piperidine rings is 1. The lowest BCUT2D eigenvalue weighted by atomic mass is 9.97. The molecule has 0 saturated carbocycles. The van der Waals surface area contributed by atoms with Gasteiger partial charge in [-0.1, -0.05) is 34.1 Å². The fourth-order valence-corrected chi connectivity index (χ4v) is 3.06. The van der Waals surface area contributed by atoms with Gasteiger partial charge in [0.15, 0.2) is 0 Å². The van der Waals surface area contributed by atoms with Crippen LogP contribution in [0.2, 0.25) is 0 Å². The Hall–Kier alpha value is -0.710. The Morgan fingerprint density at radius 2 is 2.05 bits per heavy atom. The van der Waals surface area contributed by atoms with Crippen LogP contribution in [-0.4, -0.2) is 46.8 Å². The molecule has 0 bridgehead atoms. The zero-order chi connectivity index (χ0) is 15.9. The molecule has 0 spiro atoms. The highest BCUT2D eigenvalue weighted by Gasteiger charge is 2.28. The highest BCUT2D eigenvalue weighted by Crippen LogP contribution is 2.24. The minimum Gasteiger partial charge on any atom is -0.356 e. The van der Waals surface area contributed by atoms with Crippen molar-refractivity contribution in [2.24, 2.45) is 5.92 Å². The average Bonchev–Trinajstić information content (AvgIpc) is 2.44. The number of carbonyl (C=O) groups is 2. The third-order valence-electron chi connectivity index (χ3n) is 3.60. The topological polar surface area (TPSA) is 49.4 Å². The quantitative estimate of drug-likeness (QED) is 0.767. The van der Waals surface area contributed by atoms with E-state index in [-0.39, 0.29) is 22.5 Å². The lowest BCUT2D eigenvalue weighted by Gasteiger charge is -2.32. The molecule has 21 heavy (non-hydrogen) atoms. The highest BCUT2D eigenvalue weighted by atomic mass is 32.2. The number of hydrogen-bond donors (Lipinski definition) is 1. The molecule has 1 rings (SSSR count). The maximum atomic E-state index is 12.2. The van der Waals surface area contributed by atoms with Crippen LogP contribution >= 0.6 is 11.8 Å². The molecule has 1 aliphatic heterocycles. The summed E-state index contributed by atoms with van der Waals surface area (Å²) in [5.74, 6) is 0.762. The number of hydrogen-bond acceptors (Lipinski definition) is 3. The van der Waals surface area contributed by atoms with Crippen molar-refractivity contribution in [3.63, 3.8) is 0 Å². The summed E-state index contributed by atoms with van der Waals surface area (Å²) in [6, 6.07) is 0. The zero-order valence-electron chi connectivity index (χ0n) is 13.9. The minimum atomic E-state index is -0.0285. The van der Waals surface area contributed by atoms with Crippen molar-refractivity contribution in [3.05, 3.63) is 0 Å². The summed E-state index contributed by atoms with van der Waals surface area (Å²) >= 11 is 1.67. The van der Waals surface area contributed by atoms with E-state index in [1.165, 1.54) is 0 Å². The number of amides is 2. The second-order valence-corrected chi connectivity index (χ2v) is 8.53. The van der Waals surface area contributed by atoms with Crippen LogP contribution in [0.1, 0.15) is 53.4 Å². The van der Waals surface area contributed by atoms with E-state index >= 15 is 0 Å². The number of likely N-dealkylation sites (tertiary alicyclic amines) is 1. The van der Waals surface area contributed by atoms with Crippen LogP contribution < -0.4 is 5.32 Å². The summed E-state index contributed by atoms with van der Waals surface area (Å²) in [6.45, 7) is 10.6. The second-order valence-electron chi connectivity index (χ2n) is 6.72. The predicted octanol–water partition coefficient (Wildman–Crippen LogP) is 2.67. The van der Waals surface area contributed by atoms with Gasteiger partial charge in [0.1, 0.15) is 0 Å². The van der Waals surface area contributed by atoms with E-state index in [0.717, 1.165) is 38.8 Å². The molecule has 1 unspecified atom stereocenters. The molecule has 1 aliphatic rings. The molecule has 5 heteroatoms. The fourth-order valence-electron chi connectivity index (χ4n) is 2.32. The zero-order valence-corrected chi connectivity index (χ0v) is 14.7. The van der Waals surface area contributed by atoms with Crippen LogP contribution in [0.25, 0.3) is 0 Å². The van der Waals surface area contributed by atoms with Crippen LogP contribution in [0.4, 0.5) is 0 Å². The van der Waals surface area contributed by atoms with E-state index in [9.17, 15) is 9.59 Å². The first-order chi connectivity index (χ1) is 9.83. The average molecular weight is 314 g/mol. The van der Waals surface area contributed by atoms with Gasteiger partial charge in [-0.2, -0.15) is 0 Å². The monoisotopic (exact) mass is 314 g/mol. The first kappa shape index (κ1) is 18.3. The van der Waals surface area contributed by atoms with Crippen LogP contribution in [0.3, 0.4) is 0 Å². The molecule has 122 valence electrons. The first-order valence-corrected chi connectivity index (χ1v) is 9.01. The molecule has 4 nitrogen and oxygen atoms in total. The Balaban J connectivity index is 2.40. The van der Waals surface area contributed by atoms with Gasteiger partial charge in [-0.05, 0) is 19.3 Å². The summed E-state index contributed by atoms with van der Waals surface area (Å²) in [4.78, 5) is 26.2. The lowest BCUT2D eigenvalue weighted by molar-refractivity contribution is -0.133. The normalized spacial score (nSPS) is 19.4. The second kappa shape index (κ2) is 8.66. The van der Waals surface area contributed by atoms with Crippen molar-refractivity contribution in [2.45, 2.75) is 58.1 Å². The van der Waals surface area contributed by atoms with Gasteiger partial charge in [-0.25, -0.2) is 0 Å². The maximum Gasteiger partial charge on any atom is 0.232 e. The third kappa shape index (κ3) is 7.21. The molecule has 1 N–H and O–H groups in total.